The lowest BCUT2D eigenvalue weighted by atomic mass is 10.0. The van der Waals surface area contributed by atoms with E-state index in [1.165, 1.54) is 0 Å². The molecule has 3 nitrogen and oxygen atoms in total. The van der Waals surface area contributed by atoms with Gasteiger partial charge in [0.25, 0.3) is 0 Å². The van der Waals surface area contributed by atoms with E-state index in [2.05, 4.69) is 37.5 Å². The maximum atomic E-state index is 7.76. The van der Waals surface area contributed by atoms with Crippen molar-refractivity contribution in [2.45, 2.75) is 39.7 Å². The summed E-state index contributed by atoms with van der Waals surface area (Å²) >= 11 is 0. The van der Waals surface area contributed by atoms with Gasteiger partial charge < -0.3 is 4.90 Å². The van der Waals surface area contributed by atoms with Crippen LogP contribution in [0.1, 0.15) is 34.1 Å². The number of nitrogens with zero attached hydrogens (tertiary/aromatic N) is 2. The van der Waals surface area contributed by atoms with Crippen molar-refractivity contribution in [3.63, 3.8) is 0 Å². The van der Waals surface area contributed by atoms with Crippen LogP contribution in [0.15, 0.2) is 0 Å². The Morgan fingerprint density at radius 3 is 2.00 bits per heavy atom. The Morgan fingerprint density at radius 2 is 1.64 bits per heavy atom. The minimum Gasteiger partial charge on any atom is -0.358 e. The van der Waals surface area contributed by atoms with E-state index >= 15 is 0 Å². The van der Waals surface area contributed by atoms with E-state index in [1.807, 2.05) is 0 Å². The molecule has 1 heterocycles. The molecule has 3 heteroatoms. The van der Waals surface area contributed by atoms with Crippen molar-refractivity contribution in [1.29, 1.82) is 5.41 Å². The molecule has 14 heavy (non-hydrogen) atoms. The first-order valence-corrected chi connectivity index (χ1v) is 5.52. The molecule has 1 N–H and O–H groups in total. The lowest BCUT2D eigenvalue weighted by Gasteiger charge is -2.42. The fourth-order valence-electron chi connectivity index (χ4n) is 1.87. The number of amidine groups is 1. The molecule has 0 aromatic rings. The monoisotopic (exact) mass is 197 g/mol. The first-order valence-electron chi connectivity index (χ1n) is 5.52. The molecule has 1 saturated heterocycles. The van der Waals surface area contributed by atoms with Gasteiger partial charge in [-0.1, -0.05) is 6.92 Å². The second-order valence-electron chi connectivity index (χ2n) is 4.95. The first-order chi connectivity index (χ1) is 6.45. The van der Waals surface area contributed by atoms with E-state index in [1.54, 1.807) is 0 Å². The lowest BCUT2D eigenvalue weighted by Crippen LogP contribution is -2.54. The van der Waals surface area contributed by atoms with Gasteiger partial charge in [0.2, 0.25) is 0 Å². The van der Waals surface area contributed by atoms with Crippen molar-refractivity contribution in [3.05, 3.63) is 0 Å². The van der Waals surface area contributed by atoms with Crippen LogP contribution < -0.4 is 0 Å². The van der Waals surface area contributed by atoms with Crippen molar-refractivity contribution in [2.75, 3.05) is 26.2 Å². The van der Waals surface area contributed by atoms with Gasteiger partial charge in [-0.15, -0.1) is 0 Å². The molecule has 0 spiro atoms. The van der Waals surface area contributed by atoms with Crippen molar-refractivity contribution in [1.82, 2.24) is 9.80 Å². The standard InChI is InChI=1S/C11H23N3/c1-5-10(12)13-6-8-14(9-7-13)11(2,3)4/h12H,5-9H2,1-4H3. The molecule has 1 fully saturated rings. The molecule has 0 saturated carbocycles. The fourth-order valence-corrected chi connectivity index (χ4v) is 1.87. The molecule has 1 rings (SSSR count). The number of hydrogen-bond acceptors (Lipinski definition) is 2. The summed E-state index contributed by atoms with van der Waals surface area (Å²) in [7, 11) is 0. The van der Waals surface area contributed by atoms with E-state index in [4.69, 9.17) is 5.41 Å². The van der Waals surface area contributed by atoms with Crippen LogP contribution in [0.5, 0.6) is 0 Å². The summed E-state index contributed by atoms with van der Waals surface area (Å²) in [4.78, 5) is 4.69. The molecular weight excluding hydrogens is 174 g/mol. The van der Waals surface area contributed by atoms with Crippen molar-refractivity contribution < 1.29 is 0 Å². The summed E-state index contributed by atoms with van der Waals surface area (Å²) in [5.41, 5.74) is 0.278. The van der Waals surface area contributed by atoms with Gasteiger partial charge in [0.15, 0.2) is 0 Å². The van der Waals surface area contributed by atoms with Crippen LogP contribution in [0.4, 0.5) is 0 Å². The number of piperazine rings is 1. The Bertz CT molecular complexity index is 197. The molecule has 0 atom stereocenters. The van der Waals surface area contributed by atoms with Gasteiger partial charge in [-0.3, -0.25) is 10.3 Å². The molecule has 82 valence electrons. The predicted molar refractivity (Wildman–Crippen MR) is 60.9 cm³/mol. The van der Waals surface area contributed by atoms with Crippen molar-refractivity contribution in [2.24, 2.45) is 0 Å². The van der Waals surface area contributed by atoms with Crippen LogP contribution in [0, 0.1) is 5.41 Å². The second kappa shape index (κ2) is 4.30. The van der Waals surface area contributed by atoms with Crippen LogP contribution in [0.3, 0.4) is 0 Å². The zero-order valence-corrected chi connectivity index (χ0v) is 9.93. The van der Waals surface area contributed by atoms with Crippen molar-refractivity contribution in [3.8, 4) is 0 Å². The third-order valence-electron chi connectivity index (χ3n) is 2.94. The highest BCUT2D eigenvalue weighted by molar-refractivity contribution is 5.78. The van der Waals surface area contributed by atoms with E-state index in [9.17, 15) is 0 Å². The molecule has 1 aliphatic rings. The first kappa shape index (κ1) is 11.5. The van der Waals surface area contributed by atoms with E-state index < -0.39 is 0 Å². The van der Waals surface area contributed by atoms with E-state index in [-0.39, 0.29) is 5.54 Å². The maximum Gasteiger partial charge on any atom is 0.0955 e. The van der Waals surface area contributed by atoms with Gasteiger partial charge >= 0.3 is 0 Å². The minimum atomic E-state index is 0.278. The highest BCUT2D eigenvalue weighted by atomic mass is 15.3. The van der Waals surface area contributed by atoms with Crippen LogP contribution in [-0.4, -0.2) is 47.4 Å². The molecular formula is C11H23N3. The Kier molecular flexibility index (Phi) is 3.53. The molecule has 0 radical (unpaired) electrons. The van der Waals surface area contributed by atoms with Gasteiger partial charge in [-0.05, 0) is 20.8 Å². The molecule has 0 aromatic heterocycles. The number of hydrogen-bond donors (Lipinski definition) is 1. The zero-order valence-electron chi connectivity index (χ0n) is 9.93. The van der Waals surface area contributed by atoms with Crippen molar-refractivity contribution >= 4 is 5.84 Å². The van der Waals surface area contributed by atoms with Gasteiger partial charge in [-0.25, -0.2) is 0 Å². The summed E-state index contributed by atoms with van der Waals surface area (Å²) < 4.78 is 0. The van der Waals surface area contributed by atoms with Crippen LogP contribution in [-0.2, 0) is 0 Å². The molecule has 0 bridgehead atoms. The highest BCUT2D eigenvalue weighted by Gasteiger charge is 2.26. The fraction of sp³-hybridized carbons (Fsp3) is 0.909. The Hall–Kier alpha value is -0.570. The summed E-state index contributed by atoms with van der Waals surface area (Å²) in [6.45, 7) is 13.0. The third-order valence-corrected chi connectivity index (χ3v) is 2.94. The predicted octanol–water partition coefficient (Wildman–Crippen LogP) is 1.79. The Balaban J connectivity index is 2.43. The lowest BCUT2D eigenvalue weighted by molar-refractivity contribution is 0.0874. The molecule has 0 aromatic carbocycles. The summed E-state index contributed by atoms with van der Waals surface area (Å²) in [6, 6.07) is 0. The van der Waals surface area contributed by atoms with Gasteiger partial charge in [-0.2, -0.15) is 0 Å². The zero-order chi connectivity index (χ0) is 10.8. The van der Waals surface area contributed by atoms with Gasteiger partial charge in [0.05, 0.1) is 5.84 Å². The van der Waals surface area contributed by atoms with Crippen LogP contribution in [0.25, 0.3) is 0 Å². The SMILES string of the molecule is CCC(=N)N1CCN(C(C)(C)C)CC1. The van der Waals surface area contributed by atoms with Crippen LogP contribution >= 0.6 is 0 Å². The normalized spacial score (nSPS) is 19.9. The van der Waals surface area contributed by atoms with Crippen LogP contribution in [0.2, 0.25) is 0 Å². The molecule has 1 aliphatic heterocycles. The average Bonchev–Trinajstić information content (AvgIpc) is 2.15. The van der Waals surface area contributed by atoms with E-state index in [0.29, 0.717) is 0 Å². The third kappa shape index (κ3) is 2.71. The average molecular weight is 197 g/mol. The highest BCUT2D eigenvalue weighted by Crippen LogP contribution is 2.15. The molecule has 0 aliphatic carbocycles. The Morgan fingerprint density at radius 1 is 1.14 bits per heavy atom. The maximum absolute atomic E-state index is 7.76. The number of nitrogens with one attached hydrogen (secondary N) is 1. The minimum absolute atomic E-state index is 0.278. The molecule has 0 unspecified atom stereocenters. The molecule has 0 amide bonds. The summed E-state index contributed by atoms with van der Waals surface area (Å²) in [5, 5.41) is 7.76. The topological polar surface area (TPSA) is 30.3 Å². The quantitative estimate of drug-likeness (QED) is 0.513. The summed E-state index contributed by atoms with van der Waals surface area (Å²) in [5.74, 6) is 0.790. The summed E-state index contributed by atoms with van der Waals surface area (Å²) in [6.07, 6.45) is 0.857. The number of rotatable bonds is 1. The van der Waals surface area contributed by atoms with Gasteiger partial charge in [0, 0.05) is 38.1 Å². The van der Waals surface area contributed by atoms with Gasteiger partial charge in [0.1, 0.15) is 0 Å². The largest absolute Gasteiger partial charge is 0.358 e. The second-order valence-corrected chi connectivity index (χ2v) is 4.95. The Labute approximate surface area is 87.6 Å². The van der Waals surface area contributed by atoms with E-state index in [0.717, 1.165) is 38.4 Å². The smallest absolute Gasteiger partial charge is 0.0955 e.